The van der Waals surface area contributed by atoms with Crippen LogP contribution in [0.2, 0.25) is 0 Å². The fourth-order valence-corrected chi connectivity index (χ4v) is 4.57. The Morgan fingerprint density at radius 3 is 2.81 bits per heavy atom. The number of hydrogen-bond donors (Lipinski definition) is 3. The van der Waals surface area contributed by atoms with Crippen LogP contribution in [0.1, 0.15) is 25.7 Å². The Hall–Kier alpha value is -1.51. The quantitative estimate of drug-likeness (QED) is 0.700. The number of benzene rings is 1. The van der Waals surface area contributed by atoms with Gasteiger partial charge in [0.05, 0.1) is 24.5 Å². The predicted octanol–water partition coefficient (Wildman–Crippen LogP) is 2.21. The van der Waals surface area contributed by atoms with E-state index in [-0.39, 0.29) is 23.7 Å². The summed E-state index contributed by atoms with van der Waals surface area (Å²) in [5, 5.41) is 6.37. The molecule has 1 aromatic carbocycles. The fraction of sp³-hybridized carbons (Fsp3) is 0.588. The van der Waals surface area contributed by atoms with Crippen LogP contribution in [-0.2, 0) is 14.8 Å². The Balaban J connectivity index is 0.00000243. The van der Waals surface area contributed by atoms with Gasteiger partial charge in [-0.3, -0.25) is 9.52 Å². The minimum atomic E-state index is -3.40. The van der Waals surface area contributed by atoms with Crippen LogP contribution in [-0.4, -0.2) is 40.8 Å². The lowest BCUT2D eigenvalue weighted by Gasteiger charge is -2.37. The molecule has 2 aliphatic rings. The summed E-state index contributed by atoms with van der Waals surface area (Å²) < 4.78 is 30.5. The summed E-state index contributed by atoms with van der Waals surface area (Å²) in [5.41, 5.74) is 0.612. The molecule has 26 heavy (non-hydrogen) atoms. The normalized spacial score (nSPS) is 24.9. The van der Waals surface area contributed by atoms with E-state index in [1.165, 1.54) is 13.5 Å². The molecule has 7 nitrogen and oxygen atoms in total. The molecular formula is C17H26ClN3O4S. The first-order chi connectivity index (χ1) is 11.8. The van der Waals surface area contributed by atoms with E-state index in [0.717, 1.165) is 32.1 Å². The van der Waals surface area contributed by atoms with Gasteiger partial charge in [-0.25, -0.2) is 8.42 Å². The Kier molecular flexibility index (Phi) is 6.42. The number of amides is 1. The fourth-order valence-electron chi connectivity index (χ4n) is 4.00. The van der Waals surface area contributed by atoms with Crippen molar-refractivity contribution in [1.29, 1.82) is 0 Å². The summed E-state index contributed by atoms with van der Waals surface area (Å²) in [5.74, 6) is 0.785. The van der Waals surface area contributed by atoms with Crippen molar-refractivity contribution in [3.05, 3.63) is 18.2 Å². The van der Waals surface area contributed by atoms with Crippen LogP contribution >= 0.6 is 12.4 Å². The average molecular weight is 404 g/mol. The Labute approximate surface area is 160 Å². The number of hydrogen-bond acceptors (Lipinski definition) is 5. The summed E-state index contributed by atoms with van der Waals surface area (Å²) in [6.07, 6.45) is 5.33. The molecule has 146 valence electrons. The molecule has 9 heteroatoms. The molecule has 1 amide bonds. The van der Waals surface area contributed by atoms with Crippen LogP contribution in [0, 0.1) is 11.3 Å². The summed E-state index contributed by atoms with van der Waals surface area (Å²) >= 11 is 0. The standard InChI is InChI=1S/C17H25N3O4S.ClH/c1-24-15-9-13(6-7-14(15)20-25(2,22)23)19-16(21)17-8-4-3-5-12(17)10-18-11-17;/h6-7,9,12,18,20H,3-5,8,10-11H2,1-2H3,(H,19,21);1H/t12-,17+;/m0./s1. The maximum Gasteiger partial charge on any atom is 0.232 e. The van der Waals surface area contributed by atoms with Crippen LogP contribution < -0.4 is 20.1 Å². The molecule has 3 rings (SSSR count). The second-order valence-corrected chi connectivity index (χ2v) is 8.72. The van der Waals surface area contributed by atoms with Crippen LogP contribution in [0.4, 0.5) is 11.4 Å². The predicted molar refractivity (Wildman–Crippen MR) is 105 cm³/mol. The number of sulfonamides is 1. The highest BCUT2D eigenvalue weighted by Crippen LogP contribution is 2.44. The van der Waals surface area contributed by atoms with Gasteiger partial charge in [-0.2, -0.15) is 0 Å². The van der Waals surface area contributed by atoms with Crippen LogP contribution in [0.5, 0.6) is 5.75 Å². The lowest BCUT2D eigenvalue weighted by molar-refractivity contribution is -0.128. The van der Waals surface area contributed by atoms with E-state index in [9.17, 15) is 13.2 Å². The zero-order valence-electron chi connectivity index (χ0n) is 15.0. The molecule has 1 saturated heterocycles. The summed E-state index contributed by atoms with van der Waals surface area (Å²) in [6, 6.07) is 4.92. The van der Waals surface area contributed by atoms with E-state index in [4.69, 9.17) is 4.74 Å². The van der Waals surface area contributed by atoms with Crippen molar-refractivity contribution in [3.63, 3.8) is 0 Å². The first-order valence-electron chi connectivity index (χ1n) is 8.52. The monoisotopic (exact) mass is 403 g/mol. The number of halogens is 1. The van der Waals surface area contributed by atoms with Gasteiger partial charge in [0, 0.05) is 18.3 Å². The largest absolute Gasteiger partial charge is 0.494 e. The van der Waals surface area contributed by atoms with Crippen molar-refractivity contribution < 1.29 is 17.9 Å². The SMILES string of the molecule is COc1cc(NC(=O)[C@@]23CCCC[C@H]2CNC3)ccc1NS(C)(=O)=O.Cl. The summed E-state index contributed by atoms with van der Waals surface area (Å²) in [4.78, 5) is 13.0. The summed E-state index contributed by atoms with van der Waals surface area (Å²) in [7, 11) is -1.94. The number of carbonyl (C=O) groups is 1. The highest BCUT2D eigenvalue weighted by atomic mass is 35.5. The molecule has 0 spiro atoms. The van der Waals surface area contributed by atoms with Gasteiger partial charge in [-0.1, -0.05) is 12.8 Å². The van der Waals surface area contributed by atoms with E-state index in [1.807, 2.05) is 0 Å². The van der Waals surface area contributed by atoms with Crippen LogP contribution in [0.3, 0.4) is 0 Å². The van der Waals surface area contributed by atoms with Gasteiger partial charge in [0.25, 0.3) is 0 Å². The third-order valence-electron chi connectivity index (χ3n) is 5.25. The molecule has 3 N–H and O–H groups in total. The molecule has 1 saturated carbocycles. The maximum absolute atomic E-state index is 13.0. The zero-order valence-corrected chi connectivity index (χ0v) is 16.6. The Morgan fingerprint density at radius 2 is 2.12 bits per heavy atom. The van der Waals surface area contributed by atoms with Crippen molar-refractivity contribution in [2.24, 2.45) is 11.3 Å². The number of rotatable bonds is 5. The third-order valence-corrected chi connectivity index (χ3v) is 5.84. The van der Waals surface area contributed by atoms with Gasteiger partial charge >= 0.3 is 0 Å². The molecule has 2 atom stereocenters. The van der Waals surface area contributed by atoms with E-state index in [0.29, 0.717) is 29.6 Å². The molecule has 1 aromatic rings. The minimum absolute atomic E-state index is 0. The van der Waals surface area contributed by atoms with E-state index < -0.39 is 10.0 Å². The van der Waals surface area contributed by atoms with Gasteiger partial charge in [0.15, 0.2) is 0 Å². The lowest BCUT2D eigenvalue weighted by atomic mass is 9.67. The molecule has 0 bridgehead atoms. The van der Waals surface area contributed by atoms with Gasteiger partial charge in [-0.15, -0.1) is 12.4 Å². The number of ether oxygens (including phenoxy) is 1. The molecule has 1 aliphatic carbocycles. The highest BCUT2D eigenvalue weighted by molar-refractivity contribution is 7.92. The van der Waals surface area contributed by atoms with Crippen LogP contribution in [0.25, 0.3) is 0 Å². The lowest BCUT2D eigenvalue weighted by Crippen LogP contribution is -2.44. The topological polar surface area (TPSA) is 96.5 Å². The Morgan fingerprint density at radius 1 is 1.35 bits per heavy atom. The molecule has 0 radical (unpaired) electrons. The van der Waals surface area contributed by atoms with Gasteiger partial charge in [0.2, 0.25) is 15.9 Å². The molecule has 1 heterocycles. The average Bonchev–Trinajstić information content (AvgIpc) is 3.00. The minimum Gasteiger partial charge on any atom is -0.494 e. The maximum atomic E-state index is 13.0. The Bertz CT molecular complexity index is 771. The molecule has 0 unspecified atom stereocenters. The van der Waals surface area contributed by atoms with Gasteiger partial charge < -0.3 is 15.4 Å². The molecule has 2 fully saturated rings. The third kappa shape index (κ3) is 4.24. The second kappa shape index (κ2) is 8.02. The van der Waals surface area contributed by atoms with Crippen molar-refractivity contribution in [2.75, 3.05) is 36.5 Å². The van der Waals surface area contributed by atoms with Crippen molar-refractivity contribution >= 4 is 39.7 Å². The van der Waals surface area contributed by atoms with Gasteiger partial charge in [0.1, 0.15) is 5.75 Å². The first-order valence-corrected chi connectivity index (χ1v) is 10.4. The molecule has 1 aliphatic heterocycles. The number of nitrogens with one attached hydrogen (secondary N) is 3. The number of anilines is 2. The van der Waals surface area contributed by atoms with Crippen molar-refractivity contribution in [3.8, 4) is 5.75 Å². The van der Waals surface area contributed by atoms with Crippen molar-refractivity contribution in [2.45, 2.75) is 25.7 Å². The highest BCUT2D eigenvalue weighted by Gasteiger charge is 2.49. The smallest absolute Gasteiger partial charge is 0.232 e. The van der Waals surface area contributed by atoms with E-state index in [2.05, 4.69) is 15.4 Å². The van der Waals surface area contributed by atoms with Gasteiger partial charge in [-0.05, 0) is 37.4 Å². The molecular weight excluding hydrogens is 378 g/mol. The van der Waals surface area contributed by atoms with E-state index >= 15 is 0 Å². The number of fused-ring (bicyclic) bond motifs is 1. The van der Waals surface area contributed by atoms with E-state index in [1.54, 1.807) is 18.2 Å². The van der Waals surface area contributed by atoms with Crippen LogP contribution in [0.15, 0.2) is 18.2 Å². The molecule has 0 aromatic heterocycles. The van der Waals surface area contributed by atoms with Crippen molar-refractivity contribution in [1.82, 2.24) is 5.32 Å². The first kappa shape index (κ1) is 20.8. The number of carbonyl (C=O) groups excluding carboxylic acids is 1. The number of methoxy groups -OCH3 is 1. The zero-order chi connectivity index (χ0) is 18.1. The second-order valence-electron chi connectivity index (χ2n) is 6.97. The summed E-state index contributed by atoms with van der Waals surface area (Å²) in [6.45, 7) is 1.61.